The molecule has 7 nitrogen and oxygen atoms in total. The lowest BCUT2D eigenvalue weighted by atomic mass is 10.0. The highest BCUT2D eigenvalue weighted by atomic mass is 32.2. The number of carbonyl (C=O) groups excluding carboxylic acids is 2. The molecule has 0 saturated carbocycles. The molecule has 3 amide bonds. The SMILES string of the molecule is Cc1ccc(-c2ccc(N(C[C@@H]3NC(=O)NC3=O)S(=O)[O-])cc2)cc1. The predicted molar refractivity (Wildman–Crippen MR) is 93.3 cm³/mol. The van der Waals surface area contributed by atoms with Gasteiger partial charge in [0.15, 0.2) is 0 Å². The minimum absolute atomic E-state index is 0.169. The molecule has 1 aliphatic rings. The van der Waals surface area contributed by atoms with Gasteiger partial charge in [0.1, 0.15) is 6.04 Å². The first-order valence-corrected chi connectivity index (χ1v) is 8.62. The van der Waals surface area contributed by atoms with Gasteiger partial charge in [0, 0.05) is 17.0 Å². The molecule has 1 fully saturated rings. The van der Waals surface area contributed by atoms with Gasteiger partial charge < -0.3 is 14.2 Å². The Bertz CT molecular complexity index is 821. The van der Waals surface area contributed by atoms with Crippen LogP contribution in [0.25, 0.3) is 11.1 Å². The molecule has 2 atom stereocenters. The molecule has 3 rings (SSSR count). The van der Waals surface area contributed by atoms with Crippen LogP contribution in [0.2, 0.25) is 0 Å². The molecule has 2 N–H and O–H groups in total. The molecule has 1 heterocycles. The normalized spacial score (nSPS) is 17.8. The summed E-state index contributed by atoms with van der Waals surface area (Å²) in [5.41, 5.74) is 3.55. The maximum Gasteiger partial charge on any atom is 0.322 e. The van der Waals surface area contributed by atoms with E-state index in [-0.39, 0.29) is 6.54 Å². The Labute approximate surface area is 147 Å². The van der Waals surface area contributed by atoms with E-state index < -0.39 is 29.2 Å². The van der Waals surface area contributed by atoms with Crippen LogP contribution in [-0.4, -0.2) is 33.3 Å². The summed E-state index contributed by atoms with van der Waals surface area (Å²) in [5, 5.41) is 4.47. The number of hydrogen-bond donors (Lipinski definition) is 2. The summed E-state index contributed by atoms with van der Waals surface area (Å²) in [7, 11) is 0. The average molecular weight is 358 g/mol. The lowest BCUT2D eigenvalue weighted by molar-refractivity contribution is -0.119. The van der Waals surface area contributed by atoms with Crippen LogP contribution in [-0.2, 0) is 16.1 Å². The summed E-state index contributed by atoms with van der Waals surface area (Å²) < 4.78 is 24.1. The van der Waals surface area contributed by atoms with Crippen molar-refractivity contribution in [3.8, 4) is 11.1 Å². The van der Waals surface area contributed by atoms with Crippen molar-refractivity contribution in [1.82, 2.24) is 10.6 Å². The number of benzene rings is 2. The molecular weight excluding hydrogens is 342 g/mol. The van der Waals surface area contributed by atoms with Crippen molar-refractivity contribution in [2.75, 3.05) is 10.8 Å². The lowest BCUT2D eigenvalue weighted by Crippen LogP contribution is -2.42. The molecule has 1 unspecified atom stereocenters. The van der Waals surface area contributed by atoms with E-state index in [1.807, 2.05) is 43.3 Å². The van der Waals surface area contributed by atoms with Gasteiger partial charge in [0.25, 0.3) is 5.91 Å². The van der Waals surface area contributed by atoms with Gasteiger partial charge in [-0.05, 0) is 30.2 Å². The Morgan fingerprint density at radius 1 is 1.04 bits per heavy atom. The van der Waals surface area contributed by atoms with Crippen molar-refractivity contribution in [3.05, 3.63) is 54.1 Å². The second kappa shape index (κ2) is 7.04. The summed E-state index contributed by atoms with van der Waals surface area (Å²) >= 11 is -2.58. The van der Waals surface area contributed by atoms with Gasteiger partial charge in [0.05, 0.1) is 6.54 Å². The zero-order chi connectivity index (χ0) is 18.0. The summed E-state index contributed by atoms with van der Waals surface area (Å²) in [6.45, 7) is 1.84. The van der Waals surface area contributed by atoms with E-state index in [2.05, 4.69) is 10.6 Å². The van der Waals surface area contributed by atoms with E-state index in [0.29, 0.717) is 5.69 Å². The highest BCUT2D eigenvalue weighted by Gasteiger charge is 2.31. The number of aryl methyl sites for hydroxylation is 1. The van der Waals surface area contributed by atoms with Crippen LogP contribution in [0.1, 0.15) is 5.56 Å². The van der Waals surface area contributed by atoms with Crippen LogP contribution in [0, 0.1) is 6.92 Å². The van der Waals surface area contributed by atoms with Crippen LogP contribution >= 0.6 is 0 Å². The topological polar surface area (TPSA) is 102 Å². The van der Waals surface area contributed by atoms with Gasteiger partial charge in [-0.2, -0.15) is 0 Å². The number of urea groups is 1. The van der Waals surface area contributed by atoms with Crippen LogP contribution in [0.3, 0.4) is 0 Å². The molecule has 0 spiro atoms. The third kappa shape index (κ3) is 3.86. The van der Waals surface area contributed by atoms with Crippen molar-refractivity contribution < 1.29 is 18.4 Å². The highest BCUT2D eigenvalue weighted by molar-refractivity contribution is 7.80. The number of nitrogens with zero attached hydrogens (tertiary/aromatic N) is 1. The van der Waals surface area contributed by atoms with Crippen molar-refractivity contribution in [3.63, 3.8) is 0 Å². The zero-order valence-electron chi connectivity index (χ0n) is 13.4. The number of anilines is 1. The number of nitrogens with one attached hydrogen (secondary N) is 2. The summed E-state index contributed by atoms with van der Waals surface area (Å²) in [4.78, 5) is 22.8. The van der Waals surface area contributed by atoms with Crippen LogP contribution in [0.5, 0.6) is 0 Å². The minimum atomic E-state index is -2.58. The minimum Gasteiger partial charge on any atom is -0.755 e. The molecule has 25 heavy (non-hydrogen) atoms. The molecule has 1 saturated heterocycles. The monoisotopic (exact) mass is 358 g/mol. The fraction of sp³-hybridized carbons (Fsp3) is 0.176. The Kier molecular flexibility index (Phi) is 4.82. The second-order valence-electron chi connectivity index (χ2n) is 5.71. The molecule has 1 aliphatic heterocycles. The fourth-order valence-electron chi connectivity index (χ4n) is 2.57. The van der Waals surface area contributed by atoms with Crippen LogP contribution in [0.4, 0.5) is 10.5 Å². The summed E-state index contributed by atoms with van der Waals surface area (Å²) in [6, 6.07) is 13.4. The van der Waals surface area contributed by atoms with Gasteiger partial charge in [-0.25, -0.2) is 4.79 Å². The van der Waals surface area contributed by atoms with Gasteiger partial charge in [-0.15, -0.1) is 0 Å². The Balaban J connectivity index is 1.80. The highest BCUT2D eigenvalue weighted by Crippen LogP contribution is 2.24. The number of amides is 3. The predicted octanol–water partition coefficient (Wildman–Crippen LogP) is 1.47. The Morgan fingerprint density at radius 2 is 1.60 bits per heavy atom. The Morgan fingerprint density at radius 3 is 2.08 bits per heavy atom. The third-order valence-electron chi connectivity index (χ3n) is 3.93. The Hall–Kier alpha value is -2.71. The second-order valence-corrected chi connectivity index (χ2v) is 6.58. The first kappa shape index (κ1) is 17.1. The first-order valence-electron chi connectivity index (χ1n) is 7.59. The van der Waals surface area contributed by atoms with Crippen LogP contribution < -0.4 is 14.9 Å². The summed E-state index contributed by atoms with van der Waals surface area (Å²) in [5.74, 6) is -0.545. The maximum absolute atomic E-state index is 11.6. The van der Waals surface area contributed by atoms with Crippen LogP contribution in [0.15, 0.2) is 48.5 Å². The fourth-order valence-corrected chi connectivity index (χ4v) is 3.14. The average Bonchev–Trinajstić information content (AvgIpc) is 2.91. The number of rotatable bonds is 5. The van der Waals surface area contributed by atoms with Crippen molar-refractivity contribution in [1.29, 1.82) is 0 Å². The molecule has 0 aliphatic carbocycles. The molecule has 2 aromatic rings. The van der Waals surface area contributed by atoms with E-state index in [1.54, 1.807) is 12.1 Å². The molecule has 8 heteroatoms. The standard InChI is InChI=1S/C17H17N3O4S/c1-11-2-4-12(5-3-11)13-6-8-14(9-7-13)20(25(23)24)10-15-16(21)19-17(22)18-15/h2-9,15H,10H2,1H3,(H,23,24)(H2,18,19,21,22)/p-1/t15-/m0/s1. The quantitative estimate of drug-likeness (QED) is 0.624. The largest absolute Gasteiger partial charge is 0.755 e. The van der Waals surface area contributed by atoms with Crippen molar-refractivity contribution >= 4 is 28.9 Å². The van der Waals surface area contributed by atoms with Gasteiger partial charge >= 0.3 is 6.03 Å². The van der Waals surface area contributed by atoms with Crippen molar-refractivity contribution in [2.24, 2.45) is 0 Å². The summed E-state index contributed by atoms with van der Waals surface area (Å²) in [6.07, 6.45) is 0. The number of hydrogen-bond acceptors (Lipinski definition) is 4. The molecule has 130 valence electrons. The van der Waals surface area contributed by atoms with Gasteiger partial charge in [0.2, 0.25) is 0 Å². The molecule has 0 aromatic heterocycles. The van der Waals surface area contributed by atoms with Gasteiger partial charge in [-0.3, -0.25) is 14.3 Å². The molecule has 2 aromatic carbocycles. The number of imide groups is 1. The van der Waals surface area contributed by atoms with E-state index in [4.69, 9.17) is 0 Å². The molecular formula is C17H16N3O4S-. The maximum atomic E-state index is 11.6. The van der Waals surface area contributed by atoms with Gasteiger partial charge in [-0.1, -0.05) is 42.0 Å². The van der Waals surface area contributed by atoms with E-state index in [1.165, 1.54) is 0 Å². The molecule has 0 radical (unpaired) electrons. The number of carbonyl (C=O) groups is 2. The van der Waals surface area contributed by atoms with E-state index >= 15 is 0 Å². The lowest BCUT2D eigenvalue weighted by Gasteiger charge is -2.28. The van der Waals surface area contributed by atoms with E-state index in [0.717, 1.165) is 21.0 Å². The van der Waals surface area contributed by atoms with Crippen molar-refractivity contribution in [2.45, 2.75) is 13.0 Å². The first-order chi connectivity index (χ1) is 11.9. The zero-order valence-corrected chi connectivity index (χ0v) is 14.2. The molecule has 0 bridgehead atoms. The third-order valence-corrected chi connectivity index (χ3v) is 4.65. The smallest absolute Gasteiger partial charge is 0.322 e. The van der Waals surface area contributed by atoms with E-state index in [9.17, 15) is 18.4 Å².